The number of ether oxygens (including phenoxy) is 3. The Hall–Kier alpha value is -4.24. The molecule has 2 amide bonds. The molecule has 0 aliphatic carbocycles. The predicted molar refractivity (Wildman–Crippen MR) is 145 cm³/mol. The van der Waals surface area contributed by atoms with Gasteiger partial charge in [0, 0.05) is 40.9 Å². The monoisotopic (exact) mass is 515 g/mol. The Morgan fingerprint density at radius 3 is 2.38 bits per heavy atom. The predicted octanol–water partition coefficient (Wildman–Crippen LogP) is 5.37. The number of imide groups is 1. The van der Waals surface area contributed by atoms with Crippen LogP contribution in [0.15, 0.2) is 76.7 Å². The highest BCUT2D eigenvalue weighted by molar-refractivity contribution is 8.00. The summed E-state index contributed by atoms with van der Waals surface area (Å²) in [6.07, 6.45) is 3.69. The van der Waals surface area contributed by atoms with Gasteiger partial charge in [0.05, 0.1) is 38.0 Å². The number of amides is 2. The van der Waals surface area contributed by atoms with Crippen molar-refractivity contribution in [2.75, 3.05) is 26.2 Å². The van der Waals surface area contributed by atoms with Gasteiger partial charge in [-0.15, -0.1) is 11.8 Å². The number of carbonyl (C=O) groups is 2. The van der Waals surface area contributed by atoms with Gasteiger partial charge in [-0.25, -0.2) is 4.90 Å². The highest BCUT2D eigenvalue weighted by Gasteiger charge is 2.40. The van der Waals surface area contributed by atoms with Crippen LogP contribution in [0.1, 0.15) is 12.0 Å². The van der Waals surface area contributed by atoms with Crippen molar-refractivity contribution in [2.24, 2.45) is 4.99 Å². The molecule has 1 unspecified atom stereocenters. The summed E-state index contributed by atoms with van der Waals surface area (Å²) < 4.78 is 16.1. The molecule has 1 atom stereocenters. The number of nitrogens with zero attached hydrogens (tertiary/aromatic N) is 2. The number of thioether (sulfide) groups is 1. The molecule has 37 heavy (non-hydrogen) atoms. The first-order valence-electron chi connectivity index (χ1n) is 11.6. The Morgan fingerprint density at radius 2 is 1.65 bits per heavy atom. The Bertz CT molecular complexity index is 1500. The van der Waals surface area contributed by atoms with E-state index in [0.717, 1.165) is 27.0 Å². The van der Waals surface area contributed by atoms with E-state index in [4.69, 9.17) is 14.2 Å². The first-order valence-corrected chi connectivity index (χ1v) is 12.4. The molecule has 0 radical (unpaired) electrons. The standard InChI is InChI=1S/C28H25N3O5S/c1-34-23-14-25(36-3)24(35-2)12-18(23)16-30-19-5-8-21(9-6-19)37-26-15-27(32)31(28(26)33)20-7-4-17-10-11-29-22(17)13-20/h4-14,16,26,29H,15H2,1-3H3. The fourth-order valence-electron chi connectivity index (χ4n) is 4.22. The Balaban J connectivity index is 1.28. The number of carbonyl (C=O) groups excluding carboxylic acids is 2. The second-order valence-corrected chi connectivity index (χ2v) is 9.60. The molecular formula is C28H25N3O5S. The second-order valence-electron chi connectivity index (χ2n) is 8.33. The number of fused-ring (bicyclic) bond motifs is 1. The number of anilines is 1. The number of hydrogen-bond donors (Lipinski definition) is 1. The van der Waals surface area contributed by atoms with Gasteiger partial charge in [-0.2, -0.15) is 0 Å². The molecule has 1 N–H and O–H groups in total. The minimum Gasteiger partial charge on any atom is -0.496 e. The summed E-state index contributed by atoms with van der Waals surface area (Å²) in [5.74, 6) is 1.36. The quantitative estimate of drug-likeness (QED) is 0.251. The van der Waals surface area contributed by atoms with Crippen LogP contribution in [0.4, 0.5) is 11.4 Å². The molecule has 1 aliphatic heterocycles. The lowest BCUT2D eigenvalue weighted by molar-refractivity contribution is -0.121. The molecule has 0 bridgehead atoms. The maximum atomic E-state index is 13.1. The number of aliphatic imine (C=N–C) groups is 1. The number of H-pyrrole nitrogens is 1. The van der Waals surface area contributed by atoms with E-state index in [0.29, 0.717) is 22.9 Å². The molecule has 1 aromatic heterocycles. The summed E-state index contributed by atoms with van der Waals surface area (Å²) in [6.45, 7) is 0. The van der Waals surface area contributed by atoms with E-state index in [1.807, 2.05) is 48.7 Å². The first-order chi connectivity index (χ1) is 18.0. The normalized spacial score (nSPS) is 15.6. The van der Waals surface area contributed by atoms with Crippen molar-refractivity contribution >= 4 is 52.1 Å². The van der Waals surface area contributed by atoms with Gasteiger partial charge in [0.1, 0.15) is 5.75 Å². The van der Waals surface area contributed by atoms with Crippen LogP contribution in [0.2, 0.25) is 0 Å². The zero-order valence-corrected chi connectivity index (χ0v) is 21.4. The van der Waals surface area contributed by atoms with Gasteiger partial charge in [-0.05, 0) is 53.9 Å². The number of rotatable bonds is 8. The smallest absolute Gasteiger partial charge is 0.247 e. The maximum absolute atomic E-state index is 13.1. The third kappa shape index (κ3) is 4.90. The van der Waals surface area contributed by atoms with Crippen LogP contribution in [0, 0.1) is 0 Å². The zero-order valence-electron chi connectivity index (χ0n) is 20.6. The van der Waals surface area contributed by atoms with Gasteiger partial charge in [0.25, 0.3) is 0 Å². The summed E-state index contributed by atoms with van der Waals surface area (Å²) in [5, 5.41) is 0.554. The van der Waals surface area contributed by atoms with E-state index in [9.17, 15) is 9.59 Å². The van der Waals surface area contributed by atoms with Crippen molar-refractivity contribution in [3.63, 3.8) is 0 Å². The van der Waals surface area contributed by atoms with Gasteiger partial charge in [0.15, 0.2) is 11.5 Å². The third-order valence-corrected chi connectivity index (χ3v) is 7.30. The van der Waals surface area contributed by atoms with Crippen LogP contribution in [0.5, 0.6) is 17.2 Å². The van der Waals surface area contributed by atoms with E-state index >= 15 is 0 Å². The molecule has 0 saturated carbocycles. The van der Waals surface area contributed by atoms with E-state index in [1.165, 1.54) is 16.7 Å². The number of benzene rings is 3. The van der Waals surface area contributed by atoms with Crippen LogP contribution in [0.3, 0.4) is 0 Å². The van der Waals surface area contributed by atoms with Gasteiger partial charge in [-0.3, -0.25) is 14.6 Å². The molecule has 3 aromatic carbocycles. The average molecular weight is 516 g/mol. The van der Waals surface area contributed by atoms with E-state index in [-0.39, 0.29) is 18.2 Å². The Kier molecular flexibility index (Phi) is 6.87. The molecule has 5 rings (SSSR count). The molecule has 1 fully saturated rings. The van der Waals surface area contributed by atoms with E-state index in [2.05, 4.69) is 9.98 Å². The summed E-state index contributed by atoms with van der Waals surface area (Å²) in [4.78, 5) is 35.6. The van der Waals surface area contributed by atoms with Crippen LogP contribution in [0.25, 0.3) is 10.9 Å². The topological polar surface area (TPSA) is 93.2 Å². The van der Waals surface area contributed by atoms with Gasteiger partial charge < -0.3 is 19.2 Å². The van der Waals surface area contributed by atoms with Crippen LogP contribution < -0.4 is 19.1 Å². The number of hydrogen-bond acceptors (Lipinski definition) is 7. The molecule has 0 spiro atoms. The minimum absolute atomic E-state index is 0.158. The second kappa shape index (κ2) is 10.4. The SMILES string of the molecule is COc1cc(OC)c(OC)cc1C=Nc1ccc(SC2CC(=O)N(c3ccc4cc[nH]c4c3)C2=O)cc1. The molecular weight excluding hydrogens is 490 g/mol. The van der Waals surface area contributed by atoms with Crippen molar-refractivity contribution < 1.29 is 23.8 Å². The summed E-state index contributed by atoms with van der Waals surface area (Å²) in [6, 6.07) is 18.6. The minimum atomic E-state index is -0.475. The highest BCUT2D eigenvalue weighted by atomic mass is 32.2. The lowest BCUT2D eigenvalue weighted by atomic mass is 10.2. The van der Waals surface area contributed by atoms with Crippen molar-refractivity contribution in [1.29, 1.82) is 0 Å². The van der Waals surface area contributed by atoms with Crippen LogP contribution in [-0.4, -0.2) is 49.6 Å². The number of nitrogens with one attached hydrogen (secondary N) is 1. The molecule has 9 heteroatoms. The number of aromatic nitrogens is 1. The van der Waals surface area contributed by atoms with Crippen molar-refractivity contribution in [1.82, 2.24) is 4.98 Å². The Labute approximate surface area is 218 Å². The van der Waals surface area contributed by atoms with Gasteiger partial charge >= 0.3 is 0 Å². The van der Waals surface area contributed by atoms with Crippen LogP contribution >= 0.6 is 11.8 Å². The van der Waals surface area contributed by atoms with Crippen molar-refractivity contribution in [2.45, 2.75) is 16.6 Å². The van der Waals surface area contributed by atoms with Gasteiger partial charge in [0.2, 0.25) is 11.8 Å². The largest absolute Gasteiger partial charge is 0.496 e. The van der Waals surface area contributed by atoms with Crippen molar-refractivity contribution in [3.8, 4) is 17.2 Å². The maximum Gasteiger partial charge on any atom is 0.247 e. The number of methoxy groups -OCH3 is 3. The third-order valence-electron chi connectivity index (χ3n) is 6.11. The van der Waals surface area contributed by atoms with Crippen molar-refractivity contribution in [3.05, 3.63) is 72.4 Å². The highest BCUT2D eigenvalue weighted by Crippen LogP contribution is 2.36. The van der Waals surface area contributed by atoms with E-state index in [1.54, 1.807) is 45.7 Å². The summed E-state index contributed by atoms with van der Waals surface area (Å²) in [7, 11) is 4.72. The van der Waals surface area contributed by atoms with Crippen LogP contribution in [-0.2, 0) is 9.59 Å². The number of aromatic amines is 1. The molecule has 188 valence electrons. The fraction of sp³-hybridized carbons (Fsp3) is 0.179. The fourth-order valence-corrected chi connectivity index (χ4v) is 5.27. The molecule has 1 aliphatic rings. The summed E-state index contributed by atoms with van der Waals surface area (Å²) >= 11 is 1.38. The summed E-state index contributed by atoms with van der Waals surface area (Å²) in [5.41, 5.74) is 2.95. The molecule has 4 aromatic rings. The molecule has 1 saturated heterocycles. The lowest BCUT2D eigenvalue weighted by Gasteiger charge is -2.15. The van der Waals surface area contributed by atoms with E-state index < -0.39 is 5.25 Å². The average Bonchev–Trinajstić information content (AvgIpc) is 3.50. The molecule has 2 heterocycles. The van der Waals surface area contributed by atoms with Gasteiger partial charge in [-0.1, -0.05) is 6.07 Å². The zero-order chi connectivity index (χ0) is 25.9. The Morgan fingerprint density at radius 1 is 0.919 bits per heavy atom. The molecule has 8 nitrogen and oxygen atoms in total. The first kappa shape index (κ1) is 24.5. The lowest BCUT2D eigenvalue weighted by Crippen LogP contribution is -2.31.